The molecule has 2 N–H and O–H groups in total. The zero-order valence-electron chi connectivity index (χ0n) is 12.5. The van der Waals surface area contributed by atoms with Crippen molar-refractivity contribution in [2.45, 2.75) is 31.4 Å². The molecule has 2 aliphatic heterocycles. The summed E-state index contributed by atoms with van der Waals surface area (Å²) in [6, 6.07) is 2.27. The lowest BCUT2D eigenvalue weighted by atomic mass is 9.82. The van der Waals surface area contributed by atoms with E-state index in [1.807, 2.05) is 23.7 Å². The molecular formula is C16H20N4OS. The summed E-state index contributed by atoms with van der Waals surface area (Å²) in [4.78, 5) is 12.1. The molecule has 0 aliphatic carbocycles. The van der Waals surface area contributed by atoms with Gasteiger partial charge in [0.25, 0.3) is 0 Å². The van der Waals surface area contributed by atoms with Gasteiger partial charge in [-0.15, -0.1) is 11.3 Å². The first-order chi connectivity index (χ1) is 10.8. The van der Waals surface area contributed by atoms with Crippen molar-refractivity contribution in [3.05, 3.63) is 39.8 Å². The van der Waals surface area contributed by atoms with Crippen LogP contribution in [0.5, 0.6) is 0 Å². The van der Waals surface area contributed by atoms with E-state index in [-0.39, 0.29) is 5.60 Å². The summed E-state index contributed by atoms with van der Waals surface area (Å²) >= 11 is 1.88. The van der Waals surface area contributed by atoms with Gasteiger partial charge in [0, 0.05) is 48.9 Å². The average molecular weight is 316 g/mol. The molecule has 0 aromatic carbocycles. The minimum absolute atomic E-state index is 0.0400. The molecule has 116 valence electrons. The third kappa shape index (κ3) is 2.51. The van der Waals surface area contributed by atoms with E-state index < -0.39 is 0 Å². The van der Waals surface area contributed by atoms with Gasteiger partial charge in [-0.2, -0.15) is 0 Å². The van der Waals surface area contributed by atoms with Crippen LogP contribution in [0.2, 0.25) is 0 Å². The summed E-state index contributed by atoms with van der Waals surface area (Å²) in [5.74, 6) is 0.335. The van der Waals surface area contributed by atoms with E-state index in [0.29, 0.717) is 5.95 Å². The largest absolute Gasteiger partial charge is 0.370 e. The third-order valence-corrected chi connectivity index (χ3v) is 5.72. The van der Waals surface area contributed by atoms with Gasteiger partial charge in [0.2, 0.25) is 5.95 Å². The number of ether oxygens (including phenoxy) is 1. The molecule has 0 saturated carbocycles. The highest BCUT2D eigenvalue weighted by atomic mass is 32.1. The van der Waals surface area contributed by atoms with Crippen LogP contribution in [0.4, 0.5) is 5.95 Å². The number of thiophene rings is 1. The number of nitrogens with zero attached hydrogens (tertiary/aromatic N) is 3. The number of likely N-dealkylation sites (tertiary alicyclic amines) is 1. The van der Waals surface area contributed by atoms with Crippen molar-refractivity contribution in [3.8, 4) is 0 Å². The second kappa shape index (κ2) is 5.61. The van der Waals surface area contributed by atoms with Gasteiger partial charge in [-0.25, -0.2) is 9.97 Å². The molecule has 4 rings (SSSR count). The Morgan fingerprint density at radius 3 is 2.82 bits per heavy atom. The van der Waals surface area contributed by atoms with Crippen molar-refractivity contribution >= 4 is 17.3 Å². The van der Waals surface area contributed by atoms with Crippen molar-refractivity contribution in [2.75, 3.05) is 25.4 Å². The number of hydrogen-bond acceptors (Lipinski definition) is 6. The number of aromatic nitrogens is 2. The minimum Gasteiger partial charge on any atom is -0.370 e. The molecule has 1 saturated heterocycles. The summed E-state index contributed by atoms with van der Waals surface area (Å²) in [6.45, 7) is 3.82. The predicted octanol–water partition coefficient (Wildman–Crippen LogP) is 2.18. The molecule has 5 nitrogen and oxygen atoms in total. The van der Waals surface area contributed by atoms with Gasteiger partial charge < -0.3 is 10.5 Å². The van der Waals surface area contributed by atoms with E-state index in [1.165, 1.54) is 10.4 Å². The molecule has 0 amide bonds. The van der Waals surface area contributed by atoms with E-state index in [2.05, 4.69) is 26.3 Å². The van der Waals surface area contributed by atoms with Crippen LogP contribution >= 0.6 is 11.3 Å². The van der Waals surface area contributed by atoms with Gasteiger partial charge in [0.15, 0.2) is 0 Å². The molecule has 0 unspecified atom stereocenters. The summed E-state index contributed by atoms with van der Waals surface area (Å²) in [6.07, 6.45) is 6.84. The van der Waals surface area contributed by atoms with Crippen LogP contribution in [0.25, 0.3) is 0 Å². The van der Waals surface area contributed by atoms with Crippen LogP contribution in [0, 0.1) is 0 Å². The van der Waals surface area contributed by atoms with E-state index in [1.54, 1.807) is 0 Å². The lowest BCUT2D eigenvalue weighted by Gasteiger charge is -2.44. The van der Waals surface area contributed by atoms with Crippen LogP contribution in [-0.2, 0) is 23.3 Å². The Morgan fingerprint density at radius 2 is 2.05 bits per heavy atom. The minimum atomic E-state index is -0.0400. The van der Waals surface area contributed by atoms with Crippen LogP contribution in [0.15, 0.2) is 23.8 Å². The van der Waals surface area contributed by atoms with Crippen molar-refractivity contribution < 1.29 is 4.74 Å². The van der Waals surface area contributed by atoms with E-state index >= 15 is 0 Å². The SMILES string of the molecule is Nc1ncc(CN2CCC3(CC2)OCCc2sccc23)cn1. The number of piperidine rings is 1. The Hall–Kier alpha value is -1.50. The van der Waals surface area contributed by atoms with Crippen LogP contribution in [0.1, 0.15) is 28.8 Å². The molecular weight excluding hydrogens is 296 g/mol. The molecule has 2 aromatic heterocycles. The number of hydrogen-bond donors (Lipinski definition) is 1. The van der Waals surface area contributed by atoms with E-state index in [4.69, 9.17) is 10.5 Å². The van der Waals surface area contributed by atoms with Gasteiger partial charge in [0.05, 0.1) is 12.2 Å². The molecule has 1 spiro atoms. The number of fused-ring (bicyclic) bond motifs is 2. The molecule has 0 atom stereocenters. The Labute approximate surface area is 134 Å². The van der Waals surface area contributed by atoms with Crippen LogP contribution in [0.3, 0.4) is 0 Å². The Bertz CT molecular complexity index is 646. The lowest BCUT2D eigenvalue weighted by Crippen LogP contribution is -2.45. The molecule has 6 heteroatoms. The number of rotatable bonds is 2. The van der Waals surface area contributed by atoms with Crippen molar-refractivity contribution in [2.24, 2.45) is 0 Å². The standard InChI is InChI=1S/C16H20N4OS/c17-15-18-9-12(10-19-15)11-20-5-3-16(4-6-20)13-2-8-22-14(13)1-7-21-16/h2,8-10H,1,3-7,11H2,(H2,17,18,19). The fraction of sp³-hybridized carbons (Fsp3) is 0.500. The maximum absolute atomic E-state index is 6.24. The molecule has 4 heterocycles. The van der Waals surface area contributed by atoms with Crippen LogP contribution in [-0.4, -0.2) is 34.6 Å². The second-order valence-electron chi connectivity index (χ2n) is 6.08. The fourth-order valence-electron chi connectivity index (χ4n) is 3.55. The maximum atomic E-state index is 6.24. The number of nitrogen functional groups attached to an aromatic ring is 1. The van der Waals surface area contributed by atoms with Gasteiger partial charge in [-0.3, -0.25) is 4.90 Å². The van der Waals surface area contributed by atoms with Crippen molar-refractivity contribution in [1.29, 1.82) is 0 Å². The molecule has 2 aliphatic rings. The maximum Gasteiger partial charge on any atom is 0.219 e. The summed E-state index contributed by atoms with van der Waals surface area (Å²) in [5, 5.41) is 2.21. The molecule has 0 bridgehead atoms. The topological polar surface area (TPSA) is 64.3 Å². The zero-order chi connectivity index (χ0) is 15.0. The third-order valence-electron chi connectivity index (χ3n) is 4.74. The first kappa shape index (κ1) is 14.1. The smallest absolute Gasteiger partial charge is 0.219 e. The van der Waals surface area contributed by atoms with Crippen molar-refractivity contribution in [1.82, 2.24) is 14.9 Å². The normalized spacial score (nSPS) is 20.9. The summed E-state index contributed by atoms with van der Waals surface area (Å²) < 4.78 is 6.24. The quantitative estimate of drug-likeness (QED) is 0.920. The number of anilines is 1. The molecule has 1 fully saturated rings. The predicted molar refractivity (Wildman–Crippen MR) is 86.6 cm³/mol. The highest BCUT2D eigenvalue weighted by Crippen LogP contribution is 2.43. The Morgan fingerprint density at radius 1 is 1.27 bits per heavy atom. The van der Waals surface area contributed by atoms with Crippen LogP contribution < -0.4 is 5.73 Å². The molecule has 0 radical (unpaired) electrons. The second-order valence-corrected chi connectivity index (χ2v) is 7.08. The first-order valence-electron chi connectivity index (χ1n) is 7.75. The monoisotopic (exact) mass is 316 g/mol. The molecule has 22 heavy (non-hydrogen) atoms. The van der Waals surface area contributed by atoms with Gasteiger partial charge in [0.1, 0.15) is 0 Å². The van der Waals surface area contributed by atoms with E-state index in [9.17, 15) is 0 Å². The lowest BCUT2D eigenvalue weighted by molar-refractivity contribution is -0.0980. The fourth-order valence-corrected chi connectivity index (χ4v) is 4.50. The zero-order valence-corrected chi connectivity index (χ0v) is 13.3. The van der Waals surface area contributed by atoms with E-state index in [0.717, 1.165) is 51.1 Å². The summed E-state index contributed by atoms with van der Waals surface area (Å²) in [7, 11) is 0. The van der Waals surface area contributed by atoms with Gasteiger partial charge >= 0.3 is 0 Å². The highest BCUT2D eigenvalue weighted by molar-refractivity contribution is 7.10. The Balaban J connectivity index is 1.44. The average Bonchev–Trinajstić information content (AvgIpc) is 3.02. The number of nitrogens with two attached hydrogens (primary N) is 1. The van der Waals surface area contributed by atoms with Gasteiger partial charge in [-0.05, 0) is 29.9 Å². The summed E-state index contributed by atoms with van der Waals surface area (Å²) in [5.41, 5.74) is 8.06. The first-order valence-corrected chi connectivity index (χ1v) is 8.63. The molecule has 2 aromatic rings. The Kier molecular flexibility index (Phi) is 3.60. The van der Waals surface area contributed by atoms with Gasteiger partial charge in [-0.1, -0.05) is 0 Å². The van der Waals surface area contributed by atoms with Crippen molar-refractivity contribution in [3.63, 3.8) is 0 Å². The highest BCUT2D eigenvalue weighted by Gasteiger charge is 2.41.